The van der Waals surface area contributed by atoms with Crippen LogP contribution in [-0.4, -0.2) is 52.8 Å². The van der Waals surface area contributed by atoms with Gasteiger partial charge in [-0.2, -0.15) is 0 Å². The third-order valence-corrected chi connectivity index (χ3v) is 4.42. The van der Waals surface area contributed by atoms with Crippen molar-refractivity contribution in [3.63, 3.8) is 0 Å². The maximum absolute atomic E-state index is 12.5. The van der Waals surface area contributed by atoms with Crippen LogP contribution in [0.3, 0.4) is 0 Å². The van der Waals surface area contributed by atoms with Crippen LogP contribution >= 0.6 is 0 Å². The van der Waals surface area contributed by atoms with Crippen molar-refractivity contribution in [2.75, 3.05) is 20.2 Å². The zero-order chi connectivity index (χ0) is 17.0. The largest absolute Gasteiger partial charge is 0.497 e. The number of aliphatic hydroxyl groups is 1. The maximum atomic E-state index is 12.5. The molecule has 0 bridgehead atoms. The van der Waals surface area contributed by atoms with Crippen LogP contribution in [0.15, 0.2) is 24.3 Å². The van der Waals surface area contributed by atoms with Crippen molar-refractivity contribution in [2.24, 2.45) is 5.92 Å². The molecule has 1 atom stereocenters. The summed E-state index contributed by atoms with van der Waals surface area (Å²) in [7, 11) is 1.61. The fraction of sp³-hybridized carbons (Fsp3) is 0.529. The van der Waals surface area contributed by atoms with Gasteiger partial charge < -0.3 is 19.8 Å². The Morgan fingerprint density at radius 3 is 2.30 bits per heavy atom. The number of aliphatic carboxylic acids is 1. The lowest BCUT2D eigenvalue weighted by molar-refractivity contribution is -0.165. The van der Waals surface area contributed by atoms with Crippen LogP contribution in [0.25, 0.3) is 0 Å². The van der Waals surface area contributed by atoms with E-state index in [1.807, 2.05) is 31.2 Å². The second kappa shape index (κ2) is 7.00. The number of carboxylic acids is 1. The van der Waals surface area contributed by atoms with E-state index >= 15 is 0 Å². The fourth-order valence-electron chi connectivity index (χ4n) is 2.83. The molecule has 1 amide bonds. The van der Waals surface area contributed by atoms with Gasteiger partial charge in [-0.1, -0.05) is 19.1 Å². The summed E-state index contributed by atoms with van der Waals surface area (Å²) in [5, 5.41) is 18.9. The van der Waals surface area contributed by atoms with Crippen LogP contribution in [0.2, 0.25) is 0 Å². The Balaban J connectivity index is 1.91. The third-order valence-electron chi connectivity index (χ3n) is 4.42. The Morgan fingerprint density at radius 1 is 1.26 bits per heavy atom. The van der Waals surface area contributed by atoms with Crippen LogP contribution in [0.1, 0.15) is 25.3 Å². The van der Waals surface area contributed by atoms with Crippen LogP contribution < -0.4 is 4.74 Å². The predicted molar refractivity (Wildman–Crippen MR) is 84.3 cm³/mol. The molecule has 0 saturated carbocycles. The molecule has 2 rings (SSSR count). The molecule has 126 valence electrons. The summed E-state index contributed by atoms with van der Waals surface area (Å²) in [6.07, 6.45) is 0.759. The minimum atomic E-state index is -1.70. The number of rotatable bonds is 5. The van der Waals surface area contributed by atoms with Gasteiger partial charge in [0.15, 0.2) is 5.60 Å². The highest BCUT2D eigenvalue weighted by molar-refractivity contribution is 5.80. The molecular weight excluding hydrogens is 298 g/mol. The lowest BCUT2D eigenvalue weighted by Gasteiger charge is -2.36. The highest BCUT2D eigenvalue weighted by atomic mass is 16.5. The van der Waals surface area contributed by atoms with Crippen LogP contribution in [-0.2, 0) is 16.0 Å². The van der Waals surface area contributed by atoms with E-state index < -0.39 is 11.6 Å². The van der Waals surface area contributed by atoms with E-state index in [1.54, 1.807) is 12.0 Å². The zero-order valence-electron chi connectivity index (χ0n) is 13.5. The zero-order valence-corrected chi connectivity index (χ0v) is 13.5. The highest BCUT2D eigenvalue weighted by Crippen LogP contribution is 2.24. The Labute approximate surface area is 135 Å². The Kier molecular flexibility index (Phi) is 5.26. The summed E-state index contributed by atoms with van der Waals surface area (Å²) in [4.78, 5) is 25.1. The number of benzene rings is 1. The minimum absolute atomic E-state index is 0.00624. The molecule has 0 aromatic heterocycles. The topological polar surface area (TPSA) is 87.1 Å². The molecule has 1 fully saturated rings. The number of piperidine rings is 1. The molecule has 0 aliphatic carbocycles. The first-order valence-electron chi connectivity index (χ1n) is 7.73. The van der Waals surface area contributed by atoms with E-state index in [2.05, 4.69) is 0 Å². The molecule has 6 heteroatoms. The van der Waals surface area contributed by atoms with Gasteiger partial charge in [0.25, 0.3) is 0 Å². The number of carboxylic acid groups (broad SMARTS) is 1. The molecule has 0 radical (unpaired) electrons. The van der Waals surface area contributed by atoms with E-state index in [4.69, 9.17) is 9.84 Å². The number of amides is 1. The lowest BCUT2D eigenvalue weighted by atomic mass is 9.90. The molecule has 1 aliphatic rings. The first-order valence-corrected chi connectivity index (χ1v) is 7.73. The molecule has 6 nitrogen and oxygen atoms in total. The molecule has 1 heterocycles. The number of nitrogens with zero attached hydrogens (tertiary/aromatic N) is 1. The molecule has 1 aromatic rings. The summed E-state index contributed by atoms with van der Waals surface area (Å²) in [5.74, 6) is -0.639. The van der Waals surface area contributed by atoms with E-state index in [0.29, 0.717) is 6.42 Å². The Morgan fingerprint density at radius 2 is 1.83 bits per heavy atom. The summed E-state index contributed by atoms with van der Waals surface area (Å²) in [6.45, 7) is 2.41. The van der Waals surface area contributed by atoms with Crippen LogP contribution in [0, 0.1) is 5.92 Å². The van der Waals surface area contributed by atoms with Gasteiger partial charge in [0.2, 0.25) is 5.91 Å². The highest BCUT2D eigenvalue weighted by Gasteiger charge is 2.40. The minimum Gasteiger partial charge on any atom is -0.497 e. The quantitative estimate of drug-likeness (QED) is 0.854. The van der Waals surface area contributed by atoms with Crippen molar-refractivity contribution >= 4 is 11.9 Å². The monoisotopic (exact) mass is 321 g/mol. The van der Waals surface area contributed by atoms with Gasteiger partial charge in [0.05, 0.1) is 7.11 Å². The molecule has 1 saturated heterocycles. The molecule has 1 aromatic carbocycles. The lowest BCUT2D eigenvalue weighted by Crippen LogP contribution is -2.51. The van der Waals surface area contributed by atoms with Gasteiger partial charge in [-0.05, 0) is 24.1 Å². The van der Waals surface area contributed by atoms with E-state index in [0.717, 1.165) is 11.3 Å². The first-order chi connectivity index (χ1) is 10.9. The number of likely N-dealkylation sites (tertiary alicyclic amines) is 1. The number of methoxy groups -OCH3 is 1. The maximum Gasteiger partial charge on any atom is 0.335 e. The van der Waals surface area contributed by atoms with Crippen LogP contribution in [0.5, 0.6) is 5.75 Å². The second-order valence-corrected chi connectivity index (χ2v) is 6.12. The van der Waals surface area contributed by atoms with Gasteiger partial charge in [0, 0.05) is 31.8 Å². The van der Waals surface area contributed by atoms with E-state index in [1.165, 1.54) is 0 Å². The van der Waals surface area contributed by atoms with Gasteiger partial charge in [0.1, 0.15) is 5.75 Å². The average molecular weight is 321 g/mol. The van der Waals surface area contributed by atoms with Crippen molar-refractivity contribution in [3.8, 4) is 5.75 Å². The SMILES string of the molecule is COc1ccc(CC(C)C(=O)N2CCC(O)(C(=O)O)CC2)cc1. The normalized spacial score (nSPS) is 18.3. The van der Waals surface area contributed by atoms with Crippen molar-refractivity contribution < 1.29 is 24.5 Å². The first kappa shape index (κ1) is 17.3. The van der Waals surface area contributed by atoms with Crippen molar-refractivity contribution in [1.29, 1.82) is 0 Å². The van der Waals surface area contributed by atoms with E-state index in [9.17, 15) is 14.7 Å². The number of hydrogen-bond acceptors (Lipinski definition) is 4. The fourth-order valence-corrected chi connectivity index (χ4v) is 2.83. The molecule has 1 aliphatic heterocycles. The molecular formula is C17H23NO5. The second-order valence-electron chi connectivity index (χ2n) is 6.12. The summed E-state index contributed by atoms with van der Waals surface area (Å²) >= 11 is 0. The van der Waals surface area contributed by atoms with Crippen LogP contribution in [0.4, 0.5) is 0 Å². The molecule has 2 N–H and O–H groups in total. The third kappa shape index (κ3) is 4.01. The summed E-state index contributed by atoms with van der Waals surface area (Å²) in [6, 6.07) is 7.59. The Bertz CT molecular complexity index is 561. The number of carbonyl (C=O) groups is 2. The van der Waals surface area contributed by atoms with Gasteiger partial charge in [-0.25, -0.2) is 4.79 Å². The number of ether oxygens (including phenoxy) is 1. The van der Waals surface area contributed by atoms with Crippen molar-refractivity contribution in [1.82, 2.24) is 4.90 Å². The molecule has 23 heavy (non-hydrogen) atoms. The van der Waals surface area contributed by atoms with Crippen molar-refractivity contribution in [2.45, 2.75) is 31.8 Å². The standard InChI is InChI=1S/C17H23NO5/c1-12(11-13-3-5-14(23-2)6-4-13)15(19)18-9-7-17(22,8-10-18)16(20)21/h3-6,12,22H,7-11H2,1-2H3,(H,20,21). The van der Waals surface area contributed by atoms with Gasteiger partial charge >= 0.3 is 5.97 Å². The van der Waals surface area contributed by atoms with Gasteiger partial charge in [-0.15, -0.1) is 0 Å². The van der Waals surface area contributed by atoms with E-state index in [-0.39, 0.29) is 37.8 Å². The summed E-state index contributed by atoms with van der Waals surface area (Å²) < 4.78 is 5.11. The number of hydrogen-bond donors (Lipinski definition) is 2. The molecule has 1 unspecified atom stereocenters. The average Bonchev–Trinajstić information content (AvgIpc) is 2.55. The van der Waals surface area contributed by atoms with Gasteiger partial charge in [-0.3, -0.25) is 4.79 Å². The smallest absolute Gasteiger partial charge is 0.335 e. The summed E-state index contributed by atoms with van der Waals surface area (Å²) in [5.41, 5.74) is -0.651. The molecule has 0 spiro atoms. The predicted octanol–water partition coefficient (Wildman–Crippen LogP) is 1.31. The van der Waals surface area contributed by atoms with Crippen molar-refractivity contribution in [3.05, 3.63) is 29.8 Å². The number of carbonyl (C=O) groups excluding carboxylic acids is 1. The Hall–Kier alpha value is -2.08.